The highest BCUT2D eigenvalue weighted by Crippen LogP contribution is 2.33. The fourth-order valence-corrected chi connectivity index (χ4v) is 3.99. The summed E-state index contributed by atoms with van der Waals surface area (Å²) in [6, 6.07) is 9.33. The maximum atomic E-state index is 10.9. The summed E-state index contributed by atoms with van der Waals surface area (Å²) in [5.74, 6) is 0.234. The number of hydrogen-bond acceptors (Lipinski definition) is 10. The largest absolute Gasteiger partial charge is 0.276 e. The molecule has 0 fully saturated rings. The highest BCUT2D eigenvalue weighted by Gasteiger charge is 2.17. The molecule has 0 spiro atoms. The molecule has 0 aliphatic rings. The molecule has 0 bridgehead atoms. The fourth-order valence-electron chi connectivity index (χ4n) is 2.21. The molecule has 0 aliphatic carbocycles. The van der Waals surface area contributed by atoms with Gasteiger partial charge < -0.3 is 0 Å². The minimum absolute atomic E-state index is 0.0323. The van der Waals surface area contributed by atoms with Crippen LogP contribution in [0.1, 0.15) is 5.56 Å². The summed E-state index contributed by atoms with van der Waals surface area (Å²) in [6.07, 6.45) is 0. The smallest absolute Gasteiger partial charge is 0.258 e. The second kappa shape index (κ2) is 8.06. The van der Waals surface area contributed by atoms with Crippen molar-refractivity contribution in [2.75, 3.05) is 0 Å². The Labute approximate surface area is 164 Å². The van der Waals surface area contributed by atoms with Crippen LogP contribution in [0.4, 0.5) is 17.1 Å². The predicted octanol–water partition coefficient (Wildman–Crippen LogP) is 4.22. The molecule has 1 heterocycles. The van der Waals surface area contributed by atoms with Crippen LogP contribution in [0.5, 0.6) is 0 Å². The van der Waals surface area contributed by atoms with Gasteiger partial charge in [-0.1, -0.05) is 23.1 Å². The Balaban J connectivity index is 1.75. The van der Waals surface area contributed by atoms with E-state index in [1.165, 1.54) is 47.4 Å². The number of nitro groups is 3. The number of hydrogen-bond donors (Lipinski definition) is 0. The molecule has 142 valence electrons. The van der Waals surface area contributed by atoms with Crippen molar-refractivity contribution in [3.05, 3.63) is 78.4 Å². The van der Waals surface area contributed by atoms with E-state index in [4.69, 9.17) is 0 Å². The van der Waals surface area contributed by atoms with Crippen LogP contribution in [0.3, 0.4) is 0 Å². The summed E-state index contributed by atoms with van der Waals surface area (Å²) >= 11 is 2.47. The average Bonchev–Trinajstić information content (AvgIpc) is 3.15. The molecule has 2 aromatic carbocycles. The van der Waals surface area contributed by atoms with Gasteiger partial charge in [-0.2, -0.15) is 0 Å². The van der Waals surface area contributed by atoms with Gasteiger partial charge >= 0.3 is 0 Å². The van der Waals surface area contributed by atoms with Gasteiger partial charge in [-0.05, 0) is 17.7 Å². The van der Waals surface area contributed by atoms with E-state index in [2.05, 4.69) is 10.2 Å². The summed E-state index contributed by atoms with van der Waals surface area (Å²) in [4.78, 5) is 30.7. The first-order valence-corrected chi connectivity index (χ1v) is 9.27. The first kappa shape index (κ1) is 19.3. The van der Waals surface area contributed by atoms with Crippen LogP contribution in [0.15, 0.2) is 46.8 Å². The number of non-ortho nitro benzene ring substituents is 3. The molecule has 0 unspecified atom stereocenters. The number of benzene rings is 2. The lowest BCUT2D eigenvalue weighted by Crippen LogP contribution is -1.95. The number of rotatable bonds is 7. The van der Waals surface area contributed by atoms with Crippen molar-refractivity contribution in [3.8, 4) is 10.6 Å². The maximum Gasteiger partial charge on any atom is 0.276 e. The van der Waals surface area contributed by atoms with Gasteiger partial charge in [0, 0.05) is 35.6 Å². The van der Waals surface area contributed by atoms with Crippen molar-refractivity contribution in [2.45, 2.75) is 10.1 Å². The van der Waals surface area contributed by atoms with Crippen LogP contribution in [0.25, 0.3) is 10.6 Å². The highest BCUT2D eigenvalue weighted by molar-refractivity contribution is 8.00. The standard InChI is InChI=1S/C15H9N5O6S2/c21-18(22)11-3-1-10(2-4-11)14-16-17-15(28-14)27-8-9-5-12(19(23)24)7-13(6-9)20(25)26/h1-7H,8H2. The Morgan fingerprint density at radius 3 is 1.93 bits per heavy atom. The van der Waals surface area contributed by atoms with E-state index in [0.29, 0.717) is 20.5 Å². The summed E-state index contributed by atoms with van der Waals surface area (Å²) in [7, 11) is 0. The van der Waals surface area contributed by atoms with Crippen LogP contribution < -0.4 is 0 Å². The molecule has 3 rings (SSSR count). The minimum Gasteiger partial charge on any atom is -0.258 e. The number of nitrogens with zero attached hydrogens (tertiary/aromatic N) is 5. The molecule has 0 saturated heterocycles. The van der Waals surface area contributed by atoms with E-state index >= 15 is 0 Å². The molecule has 1 aromatic heterocycles. The van der Waals surface area contributed by atoms with Crippen molar-refractivity contribution >= 4 is 40.2 Å². The normalized spacial score (nSPS) is 10.6. The zero-order valence-electron chi connectivity index (χ0n) is 13.8. The van der Waals surface area contributed by atoms with Crippen molar-refractivity contribution in [1.29, 1.82) is 0 Å². The molecule has 0 radical (unpaired) electrons. The Hall–Kier alpha value is -3.45. The van der Waals surface area contributed by atoms with E-state index in [1.807, 2.05) is 0 Å². The molecule has 0 N–H and O–H groups in total. The molecule has 13 heteroatoms. The summed E-state index contributed by atoms with van der Waals surface area (Å²) in [5.41, 5.74) is 0.344. The molecular formula is C15H9N5O6S2. The van der Waals surface area contributed by atoms with Gasteiger partial charge in [-0.25, -0.2) is 0 Å². The Morgan fingerprint density at radius 2 is 1.39 bits per heavy atom. The Kier molecular flexibility index (Phi) is 5.56. The monoisotopic (exact) mass is 419 g/mol. The molecule has 0 saturated carbocycles. The van der Waals surface area contributed by atoms with E-state index in [0.717, 1.165) is 6.07 Å². The van der Waals surface area contributed by atoms with Gasteiger partial charge in [0.1, 0.15) is 5.01 Å². The molecule has 0 amide bonds. The van der Waals surface area contributed by atoms with Crippen LogP contribution >= 0.6 is 23.1 Å². The third kappa shape index (κ3) is 4.44. The lowest BCUT2D eigenvalue weighted by molar-refractivity contribution is -0.394. The van der Waals surface area contributed by atoms with Crippen LogP contribution in [0, 0.1) is 30.3 Å². The molecular weight excluding hydrogens is 410 g/mol. The topological polar surface area (TPSA) is 155 Å². The summed E-state index contributed by atoms with van der Waals surface area (Å²) < 4.78 is 0.558. The third-order valence-corrected chi connectivity index (χ3v) is 5.65. The van der Waals surface area contributed by atoms with E-state index in [1.54, 1.807) is 12.1 Å². The zero-order chi connectivity index (χ0) is 20.3. The van der Waals surface area contributed by atoms with Gasteiger partial charge in [-0.15, -0.1) is 10.2 Å². The van der Waals surface area contributed by atoms with Gasteiger partial charge in [0.05, 0.1) is 20.8 Å². The zero-order valence-corrected chi connectivity index (χ0v) is 15.4. The number of thioether (sulfide) groups is 1. The maximum absolute atomic E-state index is 10.9. The number of aromatic nitrogens is 2. The minimum atomic E-state index is -0.682. The molecule has 0 atom stereocenters. The SMILES string of the molecule is O=[N+]([O-])c1ccc(-c2nnc(SCc3cc([N+](=O)[O-])cc([N+](=O)[O-])c3)s2)cc1. The van der Waals surface area contributed by atoms with Crippen molar-refractivity contribution in [2.24, 2.45) is 0 Å². The second-order valence-electron chi connectivity index (χ2n) is 5.34. The predicted molar refractivity (Wildman–Crippen MR) is 101 cm³/mol. The average molecular weight is 419 g/mol. The third-order valence-electron chi connectivity index (χ3n) is 3.48. The summed E-state index contributed by atoms with van der Waals surface area (Å²) in [6.45, 7) is 0. The number of nitro benzene ring substituents is 3. The molecule has 28 heavy (non-hydrogen) atoms. The molecule has 11 nitrogen and oxygen atoms in total. The molecule has 3 aromatic rings. The lowest BCUT2D eigenvalue weighted by atomic mass is 10.2. The fraction of sp³-hybridized carbons (Fsp3) is 0.0667. The van der Waals surface area contributed by atoms with Gasteiger partial charge in [-0.3, -0.25) is 30.3 Å². The molecule has 0 aliphatic heterocycles. The Morgan fingerprint density at radius 1 is 0.821 bits per heavy atom. The quantitative estimate of drug-likeness (QED) is 0.311. The van der Waals surface area contributed by atoms with Crippen molar-refractivity contribution in [1.82, 2.24) is 10.2 Å². The second-order valence-corrected chi connectivity index (χ2v) is 7.54. The van der Waals surface area contributed by atoms with E-state index in [9.17, 15) is 30.3 Å². The van der Waals surface area contributed by atoms with Gasteiger partial charge in [0.15, 0.2) is 4.34 Å². The van der Waals surface area contributed by atoms with Gasteiger partial charge in [0.2, 0.25) is 0 Å². The lowest BCUT2D eigenvalue weighted by Gasteiger charge is -2.00. The van der Waals surface area contributed by atoms with Crippen molar-refractivity contribution in [3.63, 3.8) is 0 Å². The Bertz CT molecular complexity index is 1040. The first-order valence-electron chi connectivity index (χ1n) is 7.47. The van der Waals surface area contributed by atoms with Crippen molar-refractivity contribution < 1.29 is 14.8 Å². The summed E-state index contributed by atoms with van der Waals surface area (Å²) in [5, 5.41) is 41.2. The van der Waals surface area contributed by atoms with E-state index < -0.39 is 14.8 Å². The van der Waals surface area contributed by atoms with Crippen LogP contribution in [-0.2, 0) is 5.75 Å². The van der Waals surface area contributed by atoms with Crippen LogP contribution in [0.2, 0.25) is 0 Å². The van der Waals surface area contributed by atoms with E-state index in [-0.39, 0.29) is 22.8 Å². The van der Waals surface area contributed by atoms with Crippen LogP contribution in [-0.4, -0.2) is 25.0 Å². The highest BCUT2D eigenvalue weighted by atomic mass is 32.2. The van der Waals surface area contributed by atoms with Gasteiger partial charge in [0.25, 0.3) is 17.1 Å². The first-order chi connectivity index (χ1) is 13.3.